The van der Waals surface area contributed by atoms with Gasteiger partial charge in [0, 0.05) is 11.6 Å². The lowest BCUT2D eigenvalue weighted by molar-refractivity contribution is -0.385. The minimum atomic E-state index is -0.736. The number of urea groups is 1. The molecule has 0 saturated carbocycles. The Morgan fingerprint density at radius 1 is 1.26 bits per heavy atom. The molecular weight excluding hydrogens is 358 g/mol. The van der Waals surface area contributed by atoms with Crippen molar-refractivity contribution in [3.05, 3.63) is 51.2 Å². The summed E-state index contributed by atoms with van der Waals surface area (Å²) in [5.74, 6) is -1.37. The van der Waals surface area contributed by atoms with Crippen LogP contribution in [0, 0.1) is 10.1 Å². The highest BCUT2D eigenvalue weighted by molar-refractivity contribution is 5.94. The monoisotopic (exact) mass is 377 g/mol. The highest BCUT2D eigenvalue weighted by Gasteiger charge is 2.30. The van der Waals surface area contributed by atoms with Gasteiger partial charge in [-0.1, -0.05) is 18.2 Å². The van der Waals surface area contributed by atoms with Crippen LogP contribution >= 0.6 is 0 Å². The topological polar surface area (TPSA) is 137 Å². The minimum absolute atomic E-state index is 0.112. The molecule has 0 bridgehead atoms. The van der Waals surface area contributed by atoms with Crippen molar-refractivity contribution in [2.75, 3.05) is 13.2 Å². The molecule has 1 aromatic carbocycles. The van der Waals surface area contributed by atoms with Crippen LogP contribution in [0.25, 0.3) is 0 Å². The van der Waals surface area contributed by atoms with Crippen molar-refractivity contribution in [1.29, 1.82) is 0 Å². The molecule has 2 N–H and O–H groups in total. The van der Waals surface area contributed by atoms with Crippen LogP contribution in [0.3, 0.4) is 0 Å². The standard InChI is InChI=1S/C17H19N3O7/c1-3-26-16(22)15-10(2)18-17(23)19-12(15)9-27-14(21)8-11-6-4-5-7-13(11)20(24)25/h4-7,10H,3,8-9H2,1-2H3,(H2,18,19,23)/t10-/m1/s1. The molecule has 2 rings (SSSR count). The summed E-state index contributed by atoms with van der Waals surface area (Å²) in [4.78, 5) is 46.2. The molecule has 27 heavy (non-hydrogen) atoms. The molecule has 0 saturated heterocycles. The lowest BCUT2D eigenvalue weighted by atomic mass is 10.0. The normalized spacial score (nSPS) is 16.2. The van der Waals surface area contributed by atoms with E-state index in [1.165, 1.54) is 18.2 Å². The fraction of sp³-hybridized carbons (Fsp3) is 0.353. The van der Waals surface area contributed by atoms with Gasteiger partial charge in [-0.25, -0.2) is 9.59 Å². The molecular formula is C17H19N3O7. The first-order valence-electron chi connectivity index (χ1n) is 8.19. The molecule has 1 aliphatic heterocycles. The average Bonchev–Trinajstić information content (AvgIpc) is 2.59. The number of esters is 2. The fourth-order valence-corrected chi connectivity index (χ4v) is 2.59. The first kappa shape index (κ1) is 19.9. The second kappa shape index (κ2) is 8.79. The highest BCUT2D eigenvalue weighted by Crippen LogP contribution is 2.19. The van der Waals surface area contributed by atoms with Crippen LogP contribution in [-0.4, -0.2) is 42.1 Å². The second-order valence-electron chi connectivity index (χ2n) is 5.66. The van der Waals surface area contributed by atoms with Gasteiger partial charge in [-0.3, -0.25) is 14.9 Å². The molecule has 0 aliphatic carbocycles. The van der Waals surface area contributed by atoms with Crippen molar-refractivity contribution in [1.82, 2.24) is 10.6 Å². The number of nitrogens with zero attached hydrogens (tertiary/aromatic N) is 1. The number of carbonyl (C=O) groups excluding carboxylic acids is 3. The van der Waals surface area contributed by atoms with E-state index in [2.05, 4.69) is 10.6 Å². The third kappa shape index (κ3) is 5.03. The van der Waals surface area contributed by atoms with E-state index in [-0.39, 0.29) is 42.2 Å². The SMILES string of the molecule is CCOC(=O)C1=C(COC(=O)Cc2ccccc2[N+](=O)[O-])NC(=O)N[C@@H]1C. The van der Waals surface area contributed by atoms with Crippen molar-refractivity contribution >= 4 is 23.7 Å². The number of carbonyl (C=O) groups is 3. The quantitative estimate of drug-likeness (QED) is 0.414. The molecule has 144 valence electrons. The summed E-state index contributed by atoms with van der Waals surface area (Å²) in [6.07, 6.45) is -0.319. The molecule has 10 nitrogen and oxygen atoms in total. The van der Waals surface area contributed by atoms with Gasteiger partial charge in [0.1, 0.15) is 6.61 Å². The van der Waals surface area contributed by atoms with Crippen molar-refractivity contribution < 1.29 is 28.8 Å². The molecule has 2 amide bonds. The largest absolute Gasteiger partial charge is 0.463 e. The Hall–Kier alpha value is -3.43. The van der Waals surface area contributed by atoms with Gasteiger partial charge in [-0.2, -0.15) is 0 Å². The number of nitro benzene ring substituents is 1. The van der Waals surface area contributed by atoms with Gasteiger partial charge >= 0.3 is 18.0 Å². The van der Waals surface area contributed by atoms with Gasteiger partial charge in [0.15, 0.2) is 0 Å². The lowest BCUT2D eigenvalue weighted by Crippen LogP contribution is -2.50. The number of hydrogen-bond donors (Lipinski definition) is 2. The predicted molar refractivity (Wildman–Crippen MR) is 92.5 cm³/mol. The van der Waals surface area contributed by atoms with Crippen LogP contribution in [0.15, 0.2) is 35.5 Å². The molecule has 0 unspecified atom stereocenters. The van der Waals surface area contributed by atoms with E-state index in [4.69, 9.17) is 9.47 Å². The van der Waals surface area contributed by atoms with E-state index in [0.717, 1.165) is 0 Å². The van der Waals surface area contributed by atoms with Crippen LogP contribution in [-0.2, 0) is 25.5 Å². The molecule has 0 aromatic heterocycles. The molecule has 0 spiro atoms. The molecule has 10 heteroatoms. The van der Waals surface area contributed by atoms with Crippen LogP contribution in [0.1, 0.15) is 19.4 Å². The zero-order valence-electron chi connectivity index (χ0n) is 14.8. The van der Waals surface area contributed by atoms with Gasteiger partial charge in [0.05, 0.1) is 35.3 Å². The van der Waals surface area contributed by atoms with Gasteiger partial charge < -0.3 is 20.1 Å². The van der Waals surface area contributed by atoms with E-state index in [1.807, 2.05) is 0 Å². The highest BCUT2D eigenvalue weighted by atomic mass is 16.6. The summed E-state index contributed by atoms with van der Waals surface area (Å²) in [5, 5.41) is 16.0. The Morgan fingerprint density at radius 2 is 1.96 bits per heavy atom. The summed E-state index contributed by atoms with van der Waals surface area (Å²) < 4.78 is 10.1. The van der Waals surface area contributed by atoms with Crippen molar-refractivity contribution in [2.24, 2.45) is 0 Å². The first-order chi connectivity index (χ1) is 12.8. The second-order valence-corrected chi connectivity index (χ2v) is 5.66. The van der Waals surface area contributed by atoms with E-state index in [0.29, 0.717) is 0 Å². The molecule has 1 aliphatic rings. The number of benzene rings is 1. The minimum Gasteiger partial charge on any atom is -0.463 e. The van der Waals surface area contributed by atoms with Crippen LogP contribution in [0.4, 0.5) is 10.5 Å². The Kier molecular flexibility index (Phi) is 6.47. The summed E-state index contributed by atoms with van der Waals surface area (Å²) in [7, 11) is 0. The zero-order chi connectivity index (χ0) is 20.0. The van der Waals surface area contributed by atoms with E-state index < -0.39 is 28.9 Å². The Labute approximate surface area is 154 Å². The number of nitrogens with one attached hydrogen (secondary N) is 2. The third-order valence-electron chi connectivity index (χ3n) is 3.77. The van der Waals surface area contributed by atoms with Crippen molar-refractivity contribution in [2.45, 2.75) is 26.3 Å². The Balaban J connectivity index is 2.11. The molecule has 1 heterocycles. The van der Waals surface area contributed by atoms with Crippen LogP contribution in [0.2, 0.25) is 0 Å². The van der Waals surface area contributed by atoms with E-state index in [9.17, 15) is 24.5 Å². The maximum atomic E-state index is 12.1. The smallest absolute Gasteiger partial charge is 0.338 e. The Morgan fingerprint density at radius 3 is 2.63 bits per heavy atom. The third-order valence-corrected chi connectivity index (χ3v) is 3.77. The number of hydrogen-bond acceptors (Lipinski definition) is 7. The maximum Gasteiger partial charge on any atom is 0.338 e. The van der Waals surface area contributed by atoms with Gasteiger partial charge in [0.25, 0.3) is 5.69 Å². The number of nitro groups is 1. The fourth-order valence-electron chi connectivity index (χ4n) is 2.59. The van der Waals surface area contributed by atoms with Crippen molar-refractivity contribution in [3.8, 4) is 0 Å². The number of rotatable bonds is 7. The first-order valence-corrected chi connectivity index (χ1v) is 8.19. The number of para-hydroxylation sites is 1. The summed E-state index contributed by atoms with van der Waals surface area (Å²) in [5.41, 5.74) is 0.273. The Bertz CT molecular complexity index is 803. The summed E-state index contributed by atoms with van der Waals surface area (Å²) in [6.45, 7) is 3.02. The van der Waals surface area contributed by atoms with Crippen LogP contribution < -0.4 is 10.6 Å². The molecule has 0 radical (unpaired) electrons. The number of amides is 2. The van der Waals surface area contributed by atoms with Crippen LogP contribution in [0.5, 0.6) is 0 Å². The van der Waals surface area contributed by atoms with E-state index >= 15 is 0 Å². The van der Waals surface area contributed by atoms with Crippen molar-refractivity contribution in [3.63, 3.8) is 0 Å². The lowest BCUT2D eigenvalue weighted by Gasteiger charge is -2.26. The number of ether oxygens (including phenoxy) is 2. The molecule has 1 atom stereocenters. The zero-order valence-corrected chi connectivity index (χ0v) is 14.8. The summed E-state index contributed by atoms with van der Waals surface area (Å²) in [6, 6.07) is 4.65. The predicted octanol–water partition coefficient (Wildman–Crippen LogP) is 1.20. The maximum absolute atomic E-state index is 12.1. The molecule has 0 fully saturated rings. The summed E-state index contributed by atoms with van der Waals surface area (Å²) >= 11 is 0. The van der Waals surface area contributed by atoms with Gasteiger partial charge in [0.2, 0.25) is 0 Å². The van der Waals surface area contributed by atoms with E-state index in [1.54, 1.807) is 19.9 Å². The van der Waals surface area contributed by atoms with Gasteiger partial charge in [-0.05, 0) is 13.8 Å². The van der Waals surface area contributed by atoms with Gasteiger partial charge in [-0.15, -0.1) is 0 Å². The molecule has 1 aromatic rings. The average molecular weight is 377 g/mol.